The fourth-order valence-electron chi connectivity index (χ4n) is 1.04. The third-order valence-corrected chi connectivity index (χ3v) is 1.82. The molecule has 0 bridgehead atoms. The molecule has 8 nitrogen and oxygen atoms in total. The monoisotopic (exact) mass is 258 g/mol. The molecule has 1 rings (SSSR count). The SMILES string of the molecule is CCOC(=O)CNC(=O)n1cc(F)c(N)nc1=O. The number of anilines is 1. The van der Waals surface area contributed by atoms with Crippen LogP contribution in [0.25, 0.3) is 0 Å². The van der Waals surface area contributed by atoms with Gasteiger partial charge in [-0.05, 0) is 6.92 Å². The number of nitrogens with two attached hydrogens (primary N) is 1. The maximum absolute atomic E-state index is 13.0. The molecule has 18 heavy (non-hydrogen) atoms. The first kappa shape index (κ1) is 13.6. The molecule has 0 fully saturated rings. The number of nitrogen functional groups attached to an aromatic ring is 1. The number of hydrogen-bond donors (Lipinski definition) is 2. The van der Waals surface area contributed by atoms with Crippen LogP contribution in [0.3, 0.4) is 0 Å². The van der Waals surface area contributed by atoms with Crippen LogP contribution in [0.1, 0.15) is 6.92 Å². The Morgan fingerprint density at radius 1 is 1.61 bits per heavy atom. The van der Waals surface area contributed by atoms with Crippen molar-refractivity contribution in [3.05, 3.63) is 22.5 Å². The van der Waals surface area contributed by atoms with Gasteiger partial charge in [0.15, 0.2) is 11.6 Å². The molecule has 0 aliphatic carbocycles. The van der Waals surface area contributed by atoms with Crippen molar-refractivity contribution in [3.63, 3.8) is 0 Å². The number of halogens is 1. The number of amides is 1. The molecule has 0 spiro atoms. The summed E-state index contributed by atoms with van der Waals surface area (Å²) in [6.45, 7) is 1.32. The second-order valence-electron chi connectivity index (χ2n) is 3.09. The molecule has 1 aromatic heterocycles. The summed E-state index contributed by atoms with van der Waals surface area (Å²) in [7, 11) is 0. The molecule has 0 aliphatic heterocycles. The Morgan fingerprint density at radius 2 is 2.28 bits per heavy atom. The number of rotatable bonds is 3. The van der Waals surface area contributed by atoms with E-state index in [2.05, 4.69) is 15.0 Å². The van der Waals surface area contributed by atoms with Crippen molar-refractivity contribution in [2.45, 2.75) is 6.92 Å². The molecule has 0 saturated heterocycles. The number of carbonyl (C=O) groups excluding carboxylic acids is 2. The van der Waals surface area contributed by atoms with E-state index in [0.717, 1.165) is 0 Å². The Morgan fingerprint density at radius 3 is 2.89 bits per heavy atom. The Bertz CT molecular complexity index is 528. The third-order valence-electron chi connectivity index (χ3n) is 1.82. The molecule has 3 N–H and O–H groups in total. The maximum atomic E-state index is 13.0. The first-order valence-corrected chi connectivity index (χ1v) is 4.94. The van der Waals surface area contributed by atoms with Gasteiger partial charge in [0.05, 0.1) is 12.8 Å². The number of esters is 1. The van der Waals surface area contributed by atoms with Crippen molar-refractivity contribution in [1.82, 2.24) is 14.9 Å². The third kappa shape index (κ3) is 3.27. The lowest BCUT2D eigenvalue weighted by atomic mass is 10.5. The van der Waals surface area contributed by atoms with Crippen LogP contribution in [0.2, 0.25) is 0 Å². The summed E-state index contributed by atoms with van der Waals surface area (Å²) in [5, 5.41) is 2.07. The highest BCUT2D eigenvalue weighted by Crippen LogP contribution is 2.00. The van der Waals surface area contributed by atoms with Gasteiger partial charge >= 0.3 is 17.7 Å². The molecule has 0 aromatic carbocycles. The van der Waals surface area contributed by atoms with Crippen LogP contribution in [0.15, 0.2) is 11.0 Å². The average molecular weight is 258 g/mol. The van der Waals surface area contributed by atoms with E-state index in [1.807, 2.05) is 0 Å². The summed E-state index contributed by atoms with van der Waals surface area (Å²) in [6, 6.07) is -1.00. The first-order chi connectivity index (χ1) is 8.45. The largest absolute Gasteiger partial charge is 0.465 e. The summed E-state index contributed by atoms with van der Waals surface area (Å²) in [5.41, 5.74) is 4.00. The van der Waals surface area contributed by atoms with Crippen LogP contribution in [-0.2, 0) is 9.53 Å². The van der Waals surface area contributed by atoms with Gasteiger partial charge in [0.1, 0.15) is 6.54 Å². The van der Waals surface area contributed by atoms with Gasteiger partial charge < -0.3 is 15.8 Å². The van der Waals surface area contributed by atoms with Gasteiger partial charge in [-0.3, -0.25) is 4.79 Å². The van der Waals surface area contributed by atoms with Crippen molar-refractivity contribution in [2.24, 2.45) is 0 Å². The summed E-state index contributed by atoms with van der Waals surface area (Å²) >= 11 is 0. The van der Waals surface area contributed by atoms with E-state index in [0.29, 0.717) is 10.8 Å². The molecule has 0 atom stereocenters. The zero-order valence-corrected chi connectivity index (χ0v) is 9.47. The van der Waals surface area contributed by atoms with Crippen molar-refractivity contribution >= 4 is 17.8 Å². The molecular formula is C9H11FN4O4. The lowest BCUT2D eigenvalue weighted by molar-refractivity contribution is -0.141. The second-order valence-corrected chi connectivity index (χ2v) is 3.09. The molecule has 0 aliphatic rings. The van der Waals surface area contributed by atoms with E-state index in [1.165, 1.54) is 0 Å². The van der Waals surface area contributed by atoms with Crippen molar-refractivity contribution in [3.8, 4) is 0 Å². The predicted octanol–water partition coefficient (Wildman–Crippen LogP) is -0.915. The average Bonchev–Trinajstić information content (AvgIpc) is 2.31. The Kier molecular flexibility index (Phi) is 4.35. The molecular weight excluding hydrogens is 247 g/mol. The summed E-state index contributed by atoms with van der Waals surface area (Å²) in [5.74, 6) is -2.29. The van der Waals surface area contributed by atoms with Gasteiger partial charge in [0.25, 0.3) is 0 Å². The zero-order valence-electron chi connectivity index (χ0n) is 9.47. The molecule has 1 heterocycles. The number of hydrogen-bond acceptors (Lipinski definition) is 6. The predicted molar refractivity (Wildman–Crippen MR) is 58.3 cm³/mol. The molecule has 0 unspecified atom stereocenters. The summed E-state index contributed by atoms with van der Waals surface area (Å²) in [4.78, 5) is 36.7. The summed E-state index contributed by atoms with van der Waals surface area (Å²) in [6.07, 6.45) is 0.588. The van der Waals surface area contributed by atoms with Crippen molar-refractivity contribution in [1.29, 1.82) is 0 Å². The fraction of sp³-hybridized carbons (Fsp3) is 0.333. The Balaban J connectivity index is 2.76. The van der Waals surface area contributed by atoms with Gasteiger partial charge in [-0.1, -0.05) is 0 Å². The van der Waals surface area contributed by atoms with E-state index < -0.39 is 35.9 Å². The van der Waals surface area contributed by atoms with E-state index >= 15 is 0 Å². The van der Waals surface area contributed by atoms with E-state index in [-0.39, 0.29) is 6.61 Å². The normalized spacial score (nSPS) is 9.89. The van der Waals surface area contributed by atoms with Crippen molar-refractivity contribution < 1.29 is 18.7 Å². The standard InChI is InChI=1S/C9H11FN4O4/c1-2-18-6(15)3-12-8(16)14-4-5(10)7(11)13-9(14)17/h4H,2-3H2,1H3,(H,12,16)(H2,11,13,17). The van der Waals surface area contributed by atoms with Crippen molar-refractivity contribution in [2.75, 3.05) is 18.9 Å². The lowest BCUT2D eigenvalue weighted by Gasteiger charge is -2.06. The minimum Gasteiger partial charge on any atom is -0.465 e. The molecule has 98 valence electrons. The topological polar surface area (TPSA) is 116 Å². The van der Waals surface area contributed by atoms with Crippen LogP contribution in [0, 0.1) is 5.82 Å². The van der Waals surface area contributed by atoms with Gasteiger partial charge in [0, 0.05) is 0 Å². The maximum Gasteiger partial charge on any atom is 0.357 e. The molecule has 1 aromatic rings. The molecule has 0 radical (unpaired) electrons. The van der Waals surface area contributed by atoms with E-state index in [9.17, 15) is 18.8 Å². The van der Waals surface area contributed by atoms with Crippen LogP contribution in [0.5, 0.6) is 0 Å². The minimum absolute atomic E-state index is 0.159. The quantitative estimate of drug-likeness (QED) is 0.677. The lowest BCUT2D eigenvalue weighted by Crippen LogP contribution is -2.40. The summed E-state index contributed by atoms with van der Waals surface area (Å²) < 4.78 is 17.9. The van der Waals surface area contributed by atoms with Crippen LogP contribution in [0.4, 0.5) is 15.0 Å². The van der Waals surface area contributed by atoms with E-state index in [4.69, 9.17) is 5.73 Å². The van der Waals surface area contributed by atoms with Gasteiger partial charge in [-0.15, -0.1) is 0 Å². The number of carbonyl (C=O) groups is 2. The van der Waals surface area contributed by atoms with Crippen LogP contribution < -0.4 is 16.7 Å². The number of nitrogens with one attached hydrogen (secondary N) is 1. The first-order valence-electron chi connectivity index (χ1n) is 4.94. The molecule has 1 amide bonds. The minimum atomic E-state index is -1.05. The number of nitrogens with zero attached hydrogens (tertiary/aromatic N) is 2. The second kappa shape index (κ2) is 5.75. The highest BCUT2D eigenvalue weighted by atomic mass is 19.1. The smallest absolute Gasteiger partial charge is 0.357 e. The van der Waals surface area contributed by atoms with Crippen LogP contribution >= 0.6 is 0 Å². The fourth-order valence-corrected chi connectivity index (χ4v) is 1.04. The molecule has 0 saturated carbocycles. The zero-order chi connectivity index (χ0) is 13.7. The van der Waals surface area contributed by atoms with Gasteiger partial charge in [-0.25, -0.2) is 18.5 Å². The van der Waals surface area contributed by atoms with Gasteiger partial charge in [0.2, 0.25) is 0 Å². The van der Waals surface area contributed by atoms with Crippen LogP contribution in [-0.4, -0.2) is 34.7 Å². The van der Waals surface area contributed by atoms with Gasteiger partial charge in [-0.2, -0.15) is 4.98 Å². The van der Waals surface area contributed by atoms with E-state index in [1.54, 1.807) is 6.92 Å². The molecule has 9 heteroatoms. The Hall–Kier alpha value is -2.45. The number of aromatic nitrogens is 2. The highest BCUT2D eigenvalue weighted by molar-refractivity contribution is 5.82. The highest BCUT2D eigenvalue weighted by Gasteiger charge is 2.13. The Labute approximate surface area is 101 Å². The number of ether oxygens (including phenoxy) is 1.